The number of hydrogen-bond donors (Lipinski definition) is 0. The third kappa shape index (κ3) is 4.69. The minimum absolute atomic E-state index is 0. The second kappa shape index (κ2) is 10.8. The zero-order chi connectivity index (χ0) is 21.0. The molecule has 1 aromatic heterocycles. The molecule has 0 saturated heterocycles. The van der Waals surface area contributed by atoms with Crippen LogP contribution in [-0.4, -0.2) is 8.07 Å². The molecule has 0 saturated carbocycles. The molecule has 1 unspecified atom stereocenters. The van der Waals surface area contributed by atoms with Gasteiger partial charge in [-0.3, -0.25) is 0 Å². The topological polar surface area (TPSA) is 0 Å². The number of hydrogen-bond acceptors (Lipinski definition) is 1. The second-order valence-corrected chi connectivity index (χ2v) is 14.6. The summed E-state index contributed by atoms with van der Waals surface area (Å²) in [6, 6.07) is 20.0. The van der Waals surface area contributed by atoms with E-state index in [0.29, 0.717) is 0 Å². The van der Waals surface area contributed by atoms with E-state index in [4.69, 9.17) is 0 Å². The maximum absolute atomic E-state index is 2.50. The van der Waals surface area contributed by atoms with Gasteiger partial charge in [0.1, 0.15) is 0 Å². The van der Waals surface area contributed by atoms with Gasteiger partial charge in [-0.15, -0.1) is 34.5 Å². The van der Waals surface area contributed by atoms with E-state index < -0.39 is 8.07 Å². The van der Waals surface area contributed by atoms with Gasteiger partial charge in [-0.25, -0.2) is 0 Å². The van der Waals surface area contributed by atoms with Crippen molar-refractivity contribution in [3.63, 3.8) is 0 Å². The van der Waals surface area contributed by atoms with Gasteiger partial charge in [-0.2, -0.15) is 17.4 Å². The van der Waals surface area contributed by atoms with Gasteiger partial charge in [0.25, 0.3) is 0 Å². The number of halogens is 2. The Morgan fingerprint density at radius 2 is 1.64 bits per heavy atom. The number of rotatable bonds is 2. The van der Waals surface area contributed by atoms with E-state index in [9.17, 15) is 0 Å². The standard InChI is InChI=1S/C18H17.C10H12SSi.2ClH.Zr/c1-3-14-7-9-15(10-8-14)17-6-4-5-16-11-13(2)12-18(16)17;1-6-9-7-4-11-5-8(7)10(6)12(9,2)3;;;/h4-12H,3H2,1-2H3;4-5,9H,1-3H3;2*1H;/q-1;;;;+3/p-2. The molecule has 3 aromatic carbocycles. The average molecular weight is 588 g/mol. The van der Waals surface area contributed by atoms with Crippen LogP contribution in [0.4, 0.5) is 0 Å². The van der Waals surface area contributed by atoms with Crippen LogP contribution in [0.1, 0.15) is 41.6 Å². The summed E-state index contributed by atoms with van der Waals surface area (Å²) < 4.78 is 0. The van der Waals surface area contributed by atoms with Crippen molar-refractivity contribution in [2.24, 2.45) is 0 Å². The molecule has 5 heteroatoms. The third-order valence-electron chi connectivity index (χ3n) is 7.03. The number of benzene rings is 2. The second-order valence-electron chi connectivity index (χ2n) is 9.35. The molecular weight excluding hydrogens is 559 g/mol. The minimum Gasteiger partial charge on any atom is -1.00 e. The summed E-state index contributed by atoms with van der Waals surface area (Å²) in [4.78, 5) is 0. The van der Waals surface area contributed by atoms with Gasteiger partial charge >= 0.3 is 26.2 Å². The van der Waals surface area contributed by atoms with Crippen molar-refractivity contribution >= 4 is 35.4 Å². The van der Waals surface area contributed by atoms with Crippen LogP contribution in [0, 0.1) is 6.92 Å². The van der Waals surface area contributed by atoms with Crippen molar-refractivity contribution in [2.45, 2.75) is 45.8 Å². The van der Waals surface area contributed by atoms with E-state index in [1.807, 2.05) is 11.3 Å². The molecule has 4 aromatic rings. The maximum Gasteiger partial charge on any atom is 3.00 e. The van der Waals surface area contributed by atoms with Crippen LogP contribution in [0.3, 0.4) is 0 Å². The average Bonchev–Trinajstić information content (AvgIpc) is 3.44. The molecule has 1 radical (unpaired) electrons. The first-order valence-electron chi connectivity index (χ1n) is 10.9. The Kier molecular flexibility index (Phi) is 9.33. The summed E-state index contributed by atoms with van der Waals surface area (Å²) in [6.07, 6.45) is 1.10. The van der Waals surface area contributed by atoms with Crippen LogP contribution in [0.5, 0.6) is 0 Å². The Morgan fingerprint density at radius 1 is 0.939 bits per heavy atom. The molecule has 0 fully saturated rings. The van der Waals surface area contributed by atoms with Gasteiger partial charge in [-0.1, -0.05) is 73.6 Å². The number of aryl methyl sites for hydroxylation is 2. The van der Waals surface area contributed by atoms with Crippen molar-refractivity contribution in [2.75, 3.05) is 0 Å². The first kappa shape index (κ1) is 28.4. The zero-order valence-corrected chi connectivity index (χ0v) is 25.6. The predicted octanol–water partition coefficient (Wildman–Crippen LogP) is 2.52. The first-order chi connectivity index (χ1) is 14.4. The smallest absolute Gasteiger partial charge is 1.00 e. The summed E-state index contributed by atoms with van der Waals surface area (Å²) in [5.74, 6) is 0. The molecule has 2 aliphatic heterocycles. The maximum atomic E-state index is 2.50. The molecule has 3 aliphatic rings. The van der Waals surface area contributed by atoms with E-state index in [1.165, 1.54) is 33.0 Å². The summed E-state index contributed by atoms with van der Waals surface area (Å²) >= 11 is 1.87. The van der Waals surface area contributed by atoms with Crippen molar-refractivity contribution in [1.82, 2.24) is 0 Å². The Morgan fingerprint density at radius 3 is 2.24 bits per heavy atom. The molecule has 33 heavy (non-hydrogen) atoms. The fraction of sp³-hybridized carbons (Fsp3) is 0.250. The molecular formula is C28H29Cl2SSiZr. The summed E-state index contributed by atoms with van der Waals surface area (Å²) in [5, 5.41) is 9.17. The van der Waals surface area contributed by atoms with E-state index in [0.717, 1.165) is 12.0 Å². The molecule has 1 aliphatic carbocycles. The molecule has 169 valence electrons. The van der Waals surface area contributed by atoms with Crippen LogP contribution in [0.15, 0.2) is 70.9 Å². The first-order valence-corrected chi connectivity index (χ1v) is 15.0. The van der Waals surface area contributed by atoms with Crippen LogP contribution in [0.2, 0.25) is 13.1 Å². The van der Waals surface area contributed by atoms with Crippen molar-refractivity contribution in [3.8, 4) is 11.1 Å². The van der Waals surface area contributed by atoms with Crippen LogP contribution >= 0.6 is 11.3 Å². The van der Waals surface area contributed by atoms with Crippen molar-refractivity contribution < 1.29 is 51.0 Å². The number of allylic oxidation sites excluding steroid dienone is 1. The fourth-order valence-electron chi connectivity index (χ4n) is 5.73. The molecule has 0 amide bonds. The summed E-state index contributed by atoms with van der Waals surface area (Å²) in [7, 11) is -0.976. The molecule has 1 atom stereocenters. The fourth-order valence-corrected chi connectivity index (χ4v) is 11.2. The van der Waals surface area contributed by atoms with Crippen LogP contribution in [-0.2, 0) is 32.6 Å². The van der Waals surface area contributed by atoms with Gasteiger partial charge < -0.3 is 24.8 Å². The number of thiophene rings is 1. The van der Waals surface area contributed by atoms with Gasteiger partial charge in [0.2, 0.25) is 0 Å². The van der Waals surface area contributed by atoms with Crippen molar-refractivity contribution in [3.05, 3.63) is 93.2 Å². The largest absolute Gasteiger partial charge is 3.00 e. The van der Waals surface area contributed by atoms with Crippen LogP contribution < -0.4 is 24.8 Å². The molecule has 3 heterocycles. The Bertz CT molecular complexity index is 1280. The van der Waals surface area contributed by atoms with Crippen molar-refractivity contribution in [1.29, 1.82) is 0 Å². The third-order valence-corrected chi connectivity index (χ3v) is 11.9. The van der Waals surface area contributed by atoms with E-state index in [2.05, 4.69) is 99.2 Å². The molecule has 7 rings (SSSR count). The summed E-state index contributed by atoms with van der Waals surface area (Å²) in [5.41, 5.74) is 11.2. The Hall–Kier alpha value is -0.830. The Balaban J connectivity index is 0.000000227. The van der Waals surface area contributed by atoms with Gasteiger partial charge in [0.15, 0.2) is 0 Å². The van der Waals surface area contributed by atoms with E-state index >= 15 is 0 Å². The quantitative estimate of drug-likeness (QED) is 0.250. The Labute approximate surface area is 234 Å². The van der Waals surface area contributed by atoms with E-state index in [-0.39, 0.29) is 51.0 Å². The molecule has 0 N–H and O–H groups in total. The normalized spacial score (nSPS) is 16.5. The zero-order valence-electron chi connectivity index (χ0n) is 19.8. The van der Waals surface area contributed by atoms with Crippen LogP contribution in [0.25, 0.3) is 27.1 Å². The molecule has 0 nitrogen and oxygen atoms in total. The minimum atomic E-state index is -0.976. The monoisotopic (exact) mass is 585 g/mol. The predicted molar refractivity (Wildman–Crippen MR) is 136 cm³/mol. The molecule has 0 spiro atoms. The van der Waals surface area contributed by atoms with E-state index in [1.54, 1.807) is 21.9 Å². The van der Waals surface area contributed by atoms with Gasteiger partial charge in [0, 0.05) is 5.54 Å². The van der Waals surface area contributed by atoms with Gasteiger partial charge in [-0.05, 0) is 46.4 Å². The molecule has 2 bridgehead atoms. The SMILES string of the molecule is CC1=C2c3cscc3C1[Si]2(C)C.CCc1ccc(-c2cccc3[cH-]c(C)cc23)cc1.[Cl-].[Cl-].[Zr+3]. The number of fused-ring (bicyclic) bond motifs is 1. The van der Waals surface area contributed by atoms with Gasteiger partial charge in [0.05, 0.1) is 8.07 Å². The summed E-state index contributed by atoms with van der Waals surface area (Å²) in [6.45, 7) is 11.7.